The predicted octanol–water partition coefficient (Wildman–Crippen LogP) is 3.36. The van der Waals surface area contributed by atoms with Crippen LogP contribution in [0.25, 0.3) is 0 Å². The van der Waals surface area contributed by atoms with Gasteiger partial charge in [0, 0.05) is 24.6 Å². The van der Waals surface area contributed by atoms with Gasteiger partial charge in [0.2, 0.25) is 0 Å². The van der Waals surface area contributed by atoms with Gasteiger partial charge in [0.25, 0.3) is 5.69 Å². The summed E-state index contributed by atoms with van der Waals surface area (Å²) in [6.07, 6.45) is -5.56. The fourth-order valence-corrected chi connectivity index (χ4v) is 1.35. The second-order valence-corrected chi connectivity index (χ2v) is 3.61. The van der Waals surface area contributed by atoms with Gasteiger partial charge in [-0.1, -0.05) is 12.1 Å². The summed E-state index contributed by atoms with van der Waals surface area (Å²) in [6.45, 7) is 0. The molecule has 2 N–H and O–H groups in total. The van der Waals surface area contributed by atoms with Crippen molar-refractivity contribution < 1.29 is 18.1 Å². The van der Waals surface area contributed by atoms with Crippen LogP contribution in [0.5, 0.6) is 0 Å². The van der Waals surface area contributed by atoms with Crippen LogP contribution in [0.2, 0.25) is 0 Å². The minimum Gasteiger partial charge on any atom is -0.324 e. The Morgan fingerprint density at radius 2 is 2.00 bits per heavy atom. The maximum Gasteiger partial charge on any atom is 0.389 e. The molecular weight excluding hydrogens is 273 g/mol. The molecule has 4 nitrogen and oxygen atoms in total. The van der Waals surface area contributed by atoms with Crippen LogP contribution in [0.1, 0.15) is 24.4 Å². The highest BCUT2D eigenvalue weighted by atomic mass is 35.5. The van der Waals surface area contributed by atoms with E-state index in [2.05, 4.69) is 0 Å². The Labute approximate surface area is 108 Å². The third kappa shape index (κ3) is 5.33. The molecule has 0 saturated heterocycles. The molecule has 0 bridgehead atoms. The van der Waals surface area contributed by atoms with Gasteiger partial charge in [-0.25, -0.2) is 0 Å². The van der Waals surface area contributed by atoms with Crippen molar-refractivity contribution in [3.05, 3.63) is 39.9 Å². The van der Waals surface area contributed by atoms with E-state index in [9.17, 15) is 23.3 Å². The van der Waals surface area contributed by atoms with E-state index >= 15 is 0 Å². The normalized spacial score (nSPS) is 12.7. The van der Waals surface area contributed by atoms with E-state index in [1.54, 1.807) is 0 Å². The van der Waals surface area contributed by atoms with Gasteiger partial charge in [0.1, 0.15) is 0 Å². The number of nitrogens with zero attached hydrogens (tertiary/aromatic N) is 1. The van der Waals surface area contributed by atoms with Crippen LogP contribution in [0.4, 0.5) is 18.9 Å². The molecule has 0 aliphatic carbocycles. The lowest BCUT2D eigenvalue weighted by molar-refractivity contribution is -0.384. The van der Waals surface area contributed by atoms with Crippen LogP contribution in [-0.2, 0) is 0 Å². The summed E-state index contributed by atoms with van der Waals surface area (Å²) in [5.74, 6) is 0. The Balaban J connectivity index is 0.00000289. The van der Waals surface area contributed by atoms with Crippen molar-refractivity contribution in [2.45, 2.75) is 25.1 Å². The van der Waals surface area contributed by atoms with Gasteiger partial charge in [-0.05, 0) is 12.0 Å². The summed E-state index contributed by atoms with van der Waals surface area (Å²) in [5, 5.41) is 10.5. The fraction of sp³-hybridized carbons (Fsp3) is 0.400. The standard InChI is InChI=1S/C10H11F3N2O2.ClH/c11-10(12,13)5-4-9(14)7-2-1-3-8(6-7)15(16)17;/h1-3,6,9H,4-5,14H2;1H/t9-;/m1./s1. The molecule has 1 aromatic carbocycles. The van der Waals surface area contributed by atoms with E-state index in [1.165, 1.54) is 24.3 Å². The van der Waals surface area contributed by atoms with Crippen molar-refractivity contribution in [3.8, 4) is 0 Å². The zero-order chi connectivity index (χ0) is 13.1. The first-order valence-electron chi connectivity index (χ1n) is 4.86. The lowest BCUT2D eigenvalue weighted by Crippen LogP contribution is -2.15. The number of nitro benzene ring substituents is 1. The van der Waals surface area contributed by atoms with E-state index < -0.39 is 23.6 Å². The maximum atomic E-state index is 12.0. The summed E-state index contributed by atoms with van der Waals surface area (Å²) in [4.78, 5) is 9.87. The van der Waals surface area contributed by atoms with Crippen molar-refractivity contribution in [2.24, 2.45) is 5.73 Å². The minimum absolute atomic E-state index is 0. The van der Waals surface area contributed by atoms with Crippen molar-refractivity contribution in [2.75, 3.05) is 0 Å². The van der Waals surface area contributed by atoms with Gasteiger partial charge in [-0.3, -0.25) is 10.1 Å². The Hall–Kier alpha value is -1.34. The molecule has 0 saturated carbocycles. The SMILES string of the molecule is Cl.N[C@H](CCC(F)(F)F)c1cccc([N+](=O)[O-])c1. The summed E-state index contributed by atoms with van der Waals surface area (Å²) >= 11 is 0. The summed E-state index contributed by atoms with van der Waals surface area (Å²) in [5.41, 5.74) is 5.71. The Morgan fingerprint density at radius 1 is 1.39 bits per heavy atom. The zero-order valence-electron chi connectivity index (χ0n) is 9.18. The molecule has 0 amide bonds. The van der Waals surface area contributed by atoms with E-state index in [1.807, 2.05) is 0 Å². The summed E-state index contributed by atoms with van der Waals surface area (Å²) < 4.78 is 35.9. The predicted molar refractivity (Wildman–Crippen MR) is 62.6 cm³/mol. The van der Waals surface area contributed by atoms with Crippen LogP contribution in [0.3, 0.4) is 0 Å². The highest BCUT2D eigenvalue weighted by Crippen LogP contribution is 2.27. The highest BCUT2D eigenvalue weighted by Gasteiger charge is 2.28. The molecular formula is C10H12ClF3N2O2. The first-order valence-corrected chi connectivity index (χ1v) is 4.86. The fourth-order valence-electron chi connectivity index (χ4n) is 1.35. The van der Waals surface area contributed by atoms with E-state index in [4.69, 9.17) is 5.73 Å². The molecule has 1 atom stereocenters. The van der Waals surface area contributed by atoms with Gasteiger partial charge in [-0.2, -0.15) is 13.2 Å². The lowest BCUT2D eigenvalue weighted by Gasteiger charge is -2.13. The van der Waals surface area contributed by atoms with Crippen LogP contribution >= 0.6 is 12.4 Å². The monoisotopic (exact) mass is 284 g/mol. The van der Waals surface area contributed by atoms with Crippen LogP contribution in [0.15, 0.2) is 24.3 Å². The maximum absolute atomic E-state index is 12.0. The summed E-state index contributed by atoms with van der Waals surface area (Å²) in [7, 11) is 0. The van der Waals surface area contributed by atoms with E-state index in [0.717, 1.165) is 0 Å². The highest BCUT2D eigenvalue weighted by molar-refractivity contribution is 5.85. The third-order valence-electron chi connectivity index (χ3n) is 2.25. The van der Waals surface area contributed by atoms with E-state index in [-0.39, 0.29) is 24.5 Å². The molecule has 1 aromatic rings. The number of halogens is 4. The van der Waals surface area contributed by atoms with Crippen molar-refractivity contribution in [3.63, 3.8) is 0 Å². The van der Waals surface area contributed by atoms with Gasteiger partial charge in [0.15, 0.2) is 0 Å². The molecule has 0 spiro atoms. The molecule has 0 fully saturated rings. The third-order valence-corrected chi connectivity index (χ3v) is 2.25. The molecule has 0 unspecified atom stereocenters. The molecule has 0 heterocycles. The average molecular weight is 285 g/mol. The number of benzene rings is 1. The zero-order valence-corrected chi connectivity index (χ0v) is 10.0. The van der Waals surface area contributed by atoms with Crippen LogP contribution < -0.4 is 5.73 Å². The number of nitrogens with two attached hydrogens (primary N) is 1. The Bertz CT molecular complexity index is 412. The van der Waals surface area contributed by atoms with E-state index in [0.29, 0.717) is 5.56 Å². The van der Waals surface area contributed by atoms with Gasteiger partial charge >= 0.3 is 6.18 Å². The number of non-ortho nitro benzene ring substituents is 1. The topological polar surface area (TPSA) is 69.2 Å². The average Bonchev–Trinajstić information content (AvgIpc) is 2.25. The molecule has 0 aromatic heterocycles. The Kier molecular flexibility index (Phi) is 6.07. The molecule has 8 heteroatoms. The number of hydrogen-bond acceptors (Lipinski definition) is 3. The summed E-state index contributed by atoms with van der Waals surface area (Å²) in [6, 6.07) is 4.49. The number of rotatable bonds is 4. The molecule has 1 rings (SSSR count). The number of nitro groups is 1. The number of hydrogen-bond donors (Lipinski definition) is 1. The number of alkyl halides is 3. The van der Waals surface area contributed by atoms with Crippen molar-refractivity contribution >= 4 is 18.1 Å². The van der Waals surface area contributed by atoms with Gasteiger partial charge in [-0.15, -0.1) is 12.4 Å². The minimum atomic E-state index is -4.27. The Morgan fingerprint density at radius 3 is 2.50 bits per heavy atom. The van der Waals surface area contributed by atoms with Crippen molar-refractivity contribution in [1.29, 1.82) is 0 Å². The second-order valence-electron chi connectivity index (χ2n) is 3.61. The molecule has 102 valence electrons. The van der Waals surface area contributed by atoms with Crippen molar-refractivity contribution in [1.82, 2.24) is 0 Å². The molecule has 0 aliphatic heterocycles. The van der Waals surface area contributed by atoms with Crippen LogP contribution in [-0.4, -0.2) is 11.1 Å². The first kappa shape index (κ1) is 16.7. The van der Waals surface area contributed by atoms with Crippen LogP contribution in [0, 0.1) is 10.1 Å². The quantitative estimate of drug-likeness (QED) is 0.681. The molecule has 0 aliphatic rings. The molecule has 18 heavy (non-hydrogen) atoms. The molecule has 0 radical (unpaired) electrons. The largest absolute Gasteiger partial charge is 0.389 e. The van der Waals surface area contributed by atoms with Gasteiger partial charge < -0.3 is 5.73 Å². The lowest BCUT2D eigenvalue weighted by atomic mass is 10.0. The smallest absolute Gasteiger partial charge is 0.324 e. The van der Waals surface area contributed by atoms with Gasteiger partial charge in [0.05, 0.1) is 4.92 Å². The first-order chi connectivity index (χ1) is 7.79. The second kappa shape index (κ2) is 6.55.